The molecule has 2 aliphatic rings. The zero-order valence-corrected chi connectivity index (χ0v) is 12.9. The van der Waals surface area contributed by atoms with Crippen LogP contribution in [-0.4, -0.2) is 44.2 Å². The molecule has 2 fully saturated rings. The first-order valence-electron chi connectivity index (χ1n) is 7.63. The molecule has 0 bridgehead atoms. The van der Waals surface area contributed by atoms with E-state index >= 15 is 0 Å². The molecule has 0 spiro atoms. The number of sulfone groups is 1. The van der Waals surface area contributed by atoms with Gasteiger partial charge in [0.05, 0.1) is 16.6 Å². The third-order valence-corrected chi connectivity index (χ3v) is 7.32. The van der Waals surface area contributed by atoms with Gasteiger partial charge in [-0.15, -0.1) is 0 Å². The molecule has 0 aromatic rings. The first-order valence-corrected chi connectivity index (χ1v) is 9.24. The Bertz CT molecular complexity index is 382. The minimum absolute atomic E-state index is 0.131. The molecule has 4 nitrogen and oxygen atoms in total. The van der Waals surface area contributed by atoms with Crippen LogP contribution in [0.4, 0.5) is 0 Å². The molecule has 1 N–H and O–H groups in total. The van der Waals surface area contributed by atoms with E-state index in [4.69, 9.17) is 4.74 Å². The number of rotatable bonds is 5. The summed E-state index contributed by atoms with van der Waals surface area (Å²) in [6.07, 6.45) is 5.39. The predicted octanol–water partition coefficient (Wildman–Crippen LogP) is 1.89. The second-order valence-electron chi connectivity index (χ2n) is 5.93. The first kappa shape index (κ1) is 15.3. The van der Waals surface area contributed by atoms with Crippen molar-refractivity contribution in [3.05, 3.63) is 0 Å². The van der Waals surface area contributed by atoms with Gasteiger partial charge in [0.1, 0.15) is 0 Å². The summed E-state index contributed by atoms with van der Waals surface area (Å²) in [7, 11) is -3.03. The molecule has 4 unspecified atom stereocenters. The molecular formula is C14H27NO3S. The fraction of sp³-hybridized carbons (Fsp3) is 1.00. The summed E-state index contributed by atoms with van der Waals surface area (Å²) in [4.78, 5) is 0. The Balaban J connectivity index is 1.99. The van der Waals surface area contributed by atoms with Gasteiger partial charge in [-0.2, -0.15) is 0 Å². The van der Waals surface area contributed by atoms with Crippen molar-refractivity contribution < 1.29 is 13.2 Å². The van der Waals surface area contributed by atoms with Crippen LogP contribution in [0.3, 0.4) is 0 Å². The van der Waals surface area contributed by atoms with Gasteiger partial charge in [-0.25, -0.2) is 8.42 Å². The van der Waals surface area contributed by atoms with Gasteiger partial charge in [0, 0.05) is 12.6 Å². The van der Waals surface area contributed by atoms with E-state index in [0.717, 1.165) is 38.6 Å². The zero-order chi connectivity index (χ0) is 13.9. The van der Waals surface area contributed by atoms with E-state index in [-0.39, 0.29) is 16.6 Å². The predicted molar refractivity (Wildman–Crippen MR) is 77.1 cm³/mol. The van der Waals surface area contributed by atoms with Gasteiger partial charge >= 0.3 is 0 Å². The molecule has 0 aromatic carbocycles. The highest BCUT2D eigenvalue weighted by molar-refractivity contribution is 7.92. The number of hydrogen-bond acceptors (Lipinski definition) is 4. The van der Waals surface area contributed by atoms with Crippen LogP contribution in [0.5, 0.6) is 0 Å². The average Bonchev–Trinajstić information content (AvgIpc) is 2.84. The van der Waals surface area contributed by atoms with Crippen molar-refractivity contribution in [2.24, 2.45) is 0 Å². The average molecular weight is 289 g/mol. The van der Waals surface area contributed by atoms with Crippen molar-refractivity contribution in [3.8, 4) is 0 Å². The van der Waals surface area contributed by atoms with Crippen molar-refractivity contribution in [2.45, 2.75) is 75.0 Å². The summed E-state index contributed by atoms with van der Waals surface area (Å²) >= 11 is 0. The highest BCUT2D eigenvalue weighted by Gasteiger charge is 2.42. The minimum Gasteiger partial charge on any atom is -0.377 e. The highest BCUT2D eigenvalue weighted by atomic mass is 32.2. The van der Waals surface area contributed by atoms with Crippen LogP contribution in [0.2, 0.25) is 0 Å². The maximum atomic E-state index is 12.7. The van der Waals surface area contributed by atoms with Crippen LogP contribution in [0, 0.1) is 0 Å². The zero-order valence-electron chi connectivity index (χ0n) is 12.1. The Morgan fingerprint density at radius 1 is 1.26 bits per heavy atom. The van der Waals surface area contributed by atoms with Crippen LogP contribution in [0.25, 0.3) is 0 Å². The summed E-state index contributed by atoms with van der Waals surface area (Å²) < 4.78 is 30.9. The first-order chi connectivity index (χ1) is 9.05. The van der Waals surface area contributed by atoms with Crippen LogP contribution in [0.1, 0.15) is 52.4 Å². The summed E-state index contributed by atoms with van der Waals surface area (Å²) in [5.41, 5.74) is 0. The molecule has 1 saturated heterocycles. The van der Waals surface area contributed by atoms with Gasteiger partial charge in [0.2, 0.25) is 0 Å². The molecule has 2 rings (SSSR count). The van der Waals surface area contributed by atoms with Crippen molar-refractivity contribution in [3.63, 3.8) is 0 Å². The van der Waals surface area contributed by atoms with E-state index in [2.05, 4.69) is 12.2 Å². The van der Waals surface area contributed by atoms with E-state index in [9.17, 15) is 8.42 Å². The lowest BCUT2D eigenvalue weighted by Crippen LogP contribution is -2.43. The molecule has 4 atom stereocenters. The Labute approximate surface area is 117 Å². The van der Waals surface area contributed by atoms with Gasteiger partial charge in [-0.1, -0.05) is 13.3 Å². The van der Waals surface area contributed by atoms with Crippen molar-refractivity contribution in [1.29, 1.82) is 0 Å². The molecule has 5 heteroatoms. The number of ether oxygens (including phenoxy) is 1. The maximum absolute atomic E-state index is 12.7. The van der Waals surface area contributed by atoms with E-state index in [0.29, 0.717) is 19.1 Å². The lowest BCUT2D eigenvalue weighted by Gasteiger charge is -2.31. The SMILES string of the molecule is CCCNC1CCCC(S(=O)(=O)C2CCOC2C)C1. The third-order valence-electron chi connectivity index (χ3n) is 4.50. The van der Waals surface area contributed by atoms with E-state index in [1.165, 1.54) is 0 Å². The molecule has 0 radical (unpaired) electrons. The Kier molecular flexibility index (Phi) is 5.26. The minimum atomic E-state index is -3.03. The fourth-order valence-electron chi connectivity index (χ4n) is 3.37. The lowest BCUT2D eigenvalue weighted by molar-refractivity contribution is 0.126. The van der Waals surface area contributed by atoms with Crippen LogP contribution < -0.4 is 5.32 Å². The van der Waals surface area contributed by atoms with Gasteiger partial charge in [0.15, 0.2) is 9.84 Å². The monoisotopic (exact) mass is 289 g/mol. The van der Waals surface area contributed by atoms with Crippen LogP contribution in [-0.2, 0) is 14.6 Å². The molecular weight excluding hydrogens is 262 g/mol. The van der Waals surface area contributed by atoms with E-state index in [1.807, 2.05) is 6.92 Å². The molecule has 0 amide bonds. The van der Waals surface area contributed by atoms with Gasteiger partial charge < -0.3 is 10.1 Å². The highest BCUT2D eigenvalue weighted by Crippen LogP contribution is 2.31. The molecule has 1 aliphatic carbocycles. The Morgan fingerprint density at radius 2 is 2.05 bits per heavy atom. The maximum Gasteiger partial charge on any atom is 0.158 e. The van der Waals surface area contributed by atoms with E-state index < -0.39 is 9.84 Å². The fourth-order valence-corrected chi connectivity index (χ4v) is 5.90. The summed E-state index contributed by atoms with van der Waals surface area (Å²) in [5, 5.41) is 3.04. The third kappa shape index (κ3) is 3.50. The summed E-state index contributed by atoms with van der Waals surface area (Å²) in [6, 6.07) is 0.381. The van der Waals surface area contributed by atoms with Gasteiger partial charge in [-0.3, -0.25) is 0 Å². The second-order valence-corrected chi connectivity index (χ2v) is 8.38. The standard InChI is InChI=1S/C14H27NO3S/c1-3-8-15-12-5-4-6-13(10-12)19(16,17)14-7-9-18-11(14)2/h11-15H,3-10H2,1-2H3. The topological polar surface area (TPSA) is 55.4 Å². The quantitative estimate of drug-likeness (QED) is 0.840. The van der Waals surface area contributed by atoms with Crippen LogP contribution in [0.15, 0.2) is 0 Å². The lowest BCUT2D eigenvalue weighted by atomic mass is 9.95. The molecule has 112 valence electrons. The molecule has 19 heavy (non-hydrogen) atoms. The van der Waals surface area contributed by atoms with Crippen molar-refractivity contribution in [2.75, 3.05) is 13.2 Å². The normalized spacial score (nSPS) is 36.5. The second kappa shape index (κ2) is 6.55. The smallest absolute Gasteiger partial charge is 0.158 e. The molecule has 0 aromatic heterocycles. The number of hydrogen-bond donors (Lipinski definition) is 1. The number of nitrogens with one attached hydrogen (secondary N) is 1. The van der Waals surface area contributed by atoms with Gasteiger partial charge in [0.25, 0.3) is 0 Å². The van der Waals surface area contributed by atoms with Crippen molar-refractivity contribution >= 4 is 9.84 Å². The van der Waals surface area contributed by atoms with E-state index in [1.54, 1.807) is 0 Å². The van der Waals surface area contributed by atoms with Gasteiger partial charge in [-0.05, 0) is 45.6 Å². The van der Waals surface area contributed by atoms with Crippen LogP contribution >= 0.6 is 0 Å². The summed E-state index contributed by atoms with van der Waals surface area (Å²) in [5.74, 6) is 0. The van der Waals surface area contributed by atoms with Crippen molar-refractivity contribution in [1.82, 2.24) is 5.32 Å². The molecule has 1 aliphatic heterocycles. The Morgan fingerprint density at radius 3 is 2.68 bits per heavy atom. The molecule has 1 saturated carbocycles. The molecule has 1 heterocycles. The largest absolute Gasteiger partial charge is 0.377 e. The Hall–Kier alpha value is -0.130. The summed E-state index contributed by atoms with van der Waals surface area (Å²) in [6.45, 7) is 5.61.